The zero-order chi connectivity index (χ0) is 12.4. The Bertz CT molecular complexity index is 429. The molecule has 1 N–H and O–H groups in total. The highest BCUT2D eigenvalue weighted by molar-refractivity contribution is 9.10. The predicted octanol–water partition coefficient (Wildman–Crippen LogP) is 2.61. The van der Waals surface area contributed by atoms with Crippen molar-refractivity contribution in [2.45, 2.75) is 25.8 Å². The normalized spacial score (nSPS) is 14.8. The number of benzene rings is 1. The number of ketones is 1. The van der Waals surface area contributed by atoms with E-state index in [2.05, 4.69) is 20.8 Å². The third-order valence-corrected chi connectivity index (χ3v) is 3.47. The molecule has 3 nitrogen and oxygen atoms in total. The Hall–Kier alpha value is -0.870. The third-order valence-electron chi connectivity index (χ3n) is 2.98. The molecular formula is C13H16BrNO2. The van der Waals surface area contributed by atoms with Crippen LogP contribution in [0.5, 0.6) is 0 Å². The Morgan fingerprint density at radius 2 is 2.24 bits per heavy atom. The molecule has 1 aliphatic carbocycles. The summed E-state index contributed by atoms with van der Waals surface area (Å²) in [5, 5.41) is 9.12. The van der Waals surface area contributed by atoms with Gasteiger partial charge in [-0.25, -0.2) is 0 Å². The molecule has 1 aromatic carbocycles. The van der Waals surface area contributed by atoms with E-state index in [9.17, 15) is 4.79 Å². The van der Waals surface area contributed by atoms with Crippen molar-refractivity contribution in [1.82, 2.24) is 0 Å². The number of nitrogens with zero attached hydrogens (tertiary/aromatic N) is 1. The molecule has 0 spiro atoms. The summed E-state index contributed by atoms with van der Waals surface area (Å²) >= 11 is 3.39. The second kappa shape index (κ2) is 5.19. The maximum atomic E-state index is 11.7. The van der Waals surface area contributed by atoms with E-state index in [-0.39, 0.29) is 12.4 Å². The predicted molar refractivity (Wildman–Crippen MR) is 71.6 cm³/mol. The zero-order valence-corrected chi connectivity index (χ0v) is 11.4. The SMILES string of the molecule is CC(=O)c1cc(Br)ccc1N(CCO)C1CC1. The average molecular weight is 298 g/mol. The second-order valence-electron chi connectivity index (χ2n) is 4.37. The number of anilines is 1. The largest absolute Gasteiger partial charge is 0.395 e. The highest BCUT2D eigenvalue weighted by Crippen LogP contribution is 2.34. The molecule has 0 saturated heterocycles. The van der Waals surface area contributed by atoms with Gasteiger partial charge in [-0.2, -0.15) is 0 Å². The molecule has 2 rings (SSSR count). The molecule has 17 heavy (non-hydrogen) atoms. The van der Waals surface area contributed by atoms with Crippen LogP contribution in [0.1, 0.15) is 30.1 Å². The molecule has 4 heteroatoms. The van der Waals surface area contributed by atoms with Crippen LogP contribution < -0.4 is 4.90 Å². The lowest BCUT2D eigenvalue weighted by molar-refractivity contribution is 0.101. The Balaban J connectivity index is 2.37. The van der Waals surface area contributed by atoms with Gasteiger partial charge in [0.15, 0.2) is 5.78 Å². The number of halogens is 1. The minimum atomic E-state index is 0.0601. The van der Waals surface area contributed by atoms with Crippen molar-refractivity contribution in [2.75, 3.05) is 18.1 Å². The topological polar surface area (TPSA) is 40.5 Å². The van der Waals surface area contributed by atoms with Crippen molar-refractivity contribution < 1.29 is 9.90 Å². The van der Waals surface area contributed by atoms with E-state index in [1.54, 1.807) is 6.92 Å². The molecule has 0 bridgehead atoms. The smallest absolute Gasteiger partial charge is 0.161 e. The molecule has 1 aromatic rings. The Kier molecular flexibility index (Phi) is 3.84. The number of rotatable bonds is 5. The first-order valence-electron chi connectivity index (χ1n) is 5.81. The molecule has 0 aromatic heterocycles. The van der Waals surface area contributed by atoms with Crippen molar-refractivity contribution in [1.29, 1.82) is 0 Å². The maximum absolute atomic E-state index is 11.7. The lowest BCUT2D eigenvalue weighted by Gasteiger charge is -2.25. The zero-order valence-electron chi connectivity index (χ0n) is 9.82. The minimum absolute atomic E-state index is 0.0601. The van der Waals surface area contributed by atoms with E-state index in [0.29, 0.717) is 12.6 Å². The van der Waals surface area contributed by atoms with Crippen LogP contribution in [0, 0.1) is 0 Å². The quantitative estimate of drug-likeness (QED) is 0.850. The molecule has 0 atom stereocenters. The first kappa shape index (κ1) is 12.6. The second-order valence-corrected chi connectivity index (χ2v) is 5.28. The van der Waals surface area contributed by atoms with Crippen molar-refractivity contribution in [3.63, 3.8) is 0 Å². The third kappa shape index (κ3) is 2.87. The lowest BCUT2D eigenvalue weighted by Crippen LogP contribution is -2.30. The van der Waals surface area contributed by atoms with Crippen molar-refractivity contribution in [3.8, 4) is 0 Å². The number of carbonyl (C=O) groups is 1. The van der Waals surface area contributed by atoms with E-state index >= 15 is 0 Å². The van der Waals surface area contributed by atoms with Crippen LogP contribution in [0.4, 0.5) is 5.69 Å². The van der Waals surface area contributed by atoms with Gasteiger partial charge in [-0.15, -0.1) is 0 Å². The molecule has 1 fully saturated rings. The van der Waals surface area contributed by atoms with Gasteiger partial charge in [0.1, 0.15) is 0 Å². The van der Waals surface area contributed by atoms with Gasteiger partial charge in [-0.3, -0.25) is 4.79 Å². The molecule has 92 valence electrons. The van der Waals surface area contributed by atoms with Gasteiger partial charge in [-0.1, -0.05) is 15.9 Å². The van der Waals surface area contributed by atoms with Gasteiger partial charge in [0.05, 0.1) is 6.61 Å². The number of aliphatic hydroxyl groups excluding tert-OH is 1. The molecule has 0 amide bonds. The van der Waals surface area contributed by atoms with Crippen LogP contribution in [-0.4, -0.2) is 30.1 Å². The van der Waals surface area contributed by atoms with Gasteiger partial charge in [-0.05, 0) is 38.0 Å². The summed E-state index contributed by atoms with van der Waals surface area (Å²) in [6.07, 6.45) is 2.29. The number of hydrogen-bond acceptors (Lipinski definition) is 3. The van der Waals surface area contributed by atoms with Gasteiger partial charge < -0.3 is 10.0 Å². The fraction of sp³-hybridized carbons (Fsp3) is 0.462. The first-order valence-corrected chi connectivity index (χ1v) is 6.60. The summed E-state index contributed by atoms with van der Waals surface area (Å²) in [5.41, 5.74) is 1.66. The fourth-order valence-corrected chi connectivity index (χ4v) is 2.40. The summed E-state index contributed by atoms with van der Waals surface area (Å²) in [7, 11) is 0. The van der Waals surface area contributed by atoms with E-state index in [4.69, 9.17) is 5.11 Å². The Morgan fingerprint density at radius 3 is 2.76 bits per heavy atom. The van der Waals surface area contributed by atoms with Gasteiger partial charge in [0, 0.05) is 28.3 Å². The standard InChI is InChI=1S/C13H16BrNO2/c1-9(17)12-8-10(14)2-5-13(12)15(6-7-16)11-3-4-11/h2,5,8,11,16H,3-4,6-7H2,1H3. The molecule has 1 aliphatic rings. The van der Waals surface area contributed by atoms with Crippen molar-refractivity contribution in [2.24, 2.45) is 0 Å². The highest BCUT2D eigenvalue weighted by Gasteiger charge is 2.30. The molecule has 1 saturated carbocycles. The highest BCUT2D eigenvalue weighted by atomic mass is 79.9. The number of Topliss-reactive ketones (excluding diaryl/α,β-unsaturated/α-hetero) is 1. The number of aliphatic hydroxyl groups is 1. The van der Waals surface area contributed by atoms with Crippen molar-refractivity contribution >= 4 is 27.4 Å². The van der Waals surface area contributed by atoms with Crippen LogP contribution in [0.15, 0.2) is 22.7 Å². The van der Waals surface area contributed by atoms with Crippen LogP contribution in [0.2, 0.25) is 0 Å². The lowest BCUT2D eigenvalue weighted by atomic mass is 10.1. The molecule has 0 unspecified atom stereocenters. The summed E-state index contributed by atoms with van der Waals surface area (Å²) in [4.78, 5) is 13.8. The fourth-order valence-electron chi connectivity index (χ4n) is 2.03. The molecule has 0 radical (unpaired) electrons. The minimum Gasteiger partial charge on any atom is -0.395 e. The maximum Gasteiger partial charge on any atom is 0.161 e. The molecule has 0 heterocycles. The van der Waals surface area contributed by atoms with E-state index < -0.39 is 0 Å². The van der Waals surface area contributed by atoms with Crippen LogP contribution in [-0.2, 0) is 0 Å². The van der Waals surface area contributed by atoms with Gasteiger partial charge in [0.25, 0.3) is 0 Å². The van der Waals surface area contributed by atoms with Crippen LogP contribution in [0.3, 0.4) is 0 Å². The Morgan fingerprint density at radius 1 is 1.53 bits per heavy atom. The van der Waals surface area contributed by atoms with E-state index in [1.165, 1.54) is 0 Å². The van der Waals surface area contributed by atoms with E-state index in [1.807, 2.05) is 18.2 Å². The number of carbonyl (C=O) groups excluding carboxylic acids is 1. The van der Waals surface area contributed by atoms with Gasteiger partial charge >= 0.3 is 0 Å². The summed E-state index contributed by atoms with van der Waals surface area (Å²) in [6, 6.07) is 6.23. The summed E-state index contributed by atoms with van der Waals surface area (Å²) < 4.78 is 0.909. The Labute approximate surface area is 110 Å². The van der Waals surface area contributed by atoms with E-state index in [0.717, 1.165) is 28.6 Å². The monoisotopic (exact) mass is 297 g/mol. The van der Waals surface area contributed by atoms with Crippen LogP contribution >= 0.6 is 15.9 Å². The van der Waals surface area contributed by atoms with Crippen LogP contribution in [0.25, 0.3) is 0 Å². The van der Waals surface area contributed by atoms with Gasteiger partial charge in [0.2, 0.25) is 0 Å². The average Bonchev–Trinajstić information content (AvgIpc) is 3.10. The first-order chi connectivity index (χ1) is 8.13. The number of hydrogen-bond donors (Lipinski definition) is 1. The van der Waals surface area contributed by atoms with Crippen molar-refractivity contribution in [3.05, 3.63) is 28.2 Å². The summed E-state index contributed by atoms with van der Waals surface area (Å²) in [6.45, 7) is 2.28. The summed E-state index contributed by atoms with van der Waals surface area (Å²) in [5.74, 6) is 0.0601. The molecular weight excluding hydrogens is 282 g/mol. The molecule has 0 aliphatic heterocycles.